The zero-order chi connectivity index (χ0) is 35.8. The molecule has 0 unspecified atom stereocenters. The standard InChI is InChI=1S/C33H40F6N6O4S/c34-32(35,36)24-15-19(16-25(27(24)40)33(37,38)39)17-26(29(46)43-10-3-21(4-11-43)20-1-8-41-9-2-20)49-31(48)44-12-5-23(6-13-44)45-18-22-7-14-50-28(22)42-30(45)47/h7,14-16,20-21,23,26,41H,1-6,8-13,17-18,40H2,(H,42,47)/t26-/m1/s1. The van der Waals surface area contributed by atoms with E-state index in [1.807, 2.05) is 11.4 Å². The fourth-order valence-corrected chi connectivity index (χ4v) is 8.45. The molecule has 4 aliphatic rings. The van der Waals surface area contributed by atoms with Crippen LogP contribution in [-0.4, -0.2) is 84.1 Å². The molecule has 4 amide bonds. The fourth-order valence-electron chi connectivity index (χ4n) is 7.65. The van der Waals surface area contributed by atoms with Gasteiger partial charge in [0.1, 0.15) is 5.00 Å². The molecule has 2 aromatic rings. The highest BCUT2D eigenvalue weighted by Crippen LogP contribution is 2.42. The van der Waals surface area contributed by atoms with Crippen LogP contribution in [0.15, 0.2) is 23.6 Å². The number of benzene rings is 1. The minimum absolute atomic E-state index is 0.171. The number of urea groups is 1. The van der Waals surface area contributed by atoms with Crippen molar-refractivity contribution in [1.82, 2.24) is 20.0 Å². The number of piperidine rings is 3. The first-order valence-electron chi connectivity index (χ1n) is 16.8. The van der Waals surface area contributed by atoms with Gasteiger partial charge in [-0.15, -0.1) is 11.3 Å². The molecule has 0 bridgehead atoms. The van der Waals surface area contributed by atoms with E-state index in [0.717, 1.165) is 36.5 Å². The predicted molar refractivity (Wildman–Crippen MR) is 173 cm³/mol. The number of nitrogens with two attached hydrogens (primary N) is 1. The van der Waals surface area contributed by atoms with E-state index >= 15 is 0 Å². The van der Waals surface area contributed by atoms with Crippen LogP contribution in [0.5, 0.6) is 0 Å². The Hall–Kier alpha value is -3.73. The van der Waals surface area contributed by atoms with E-state index in [-0.39, 0.29) is 25.2 Å². The maximum Gasteiger partial charge on any atom is 0.418 e. The predicted octanol–water partition coefficient (Wildman–Crippen LogP) is 6.17. The van der Waals surface area contributed by atoms with Crippen molar-refractivity contribution < 1.29 is 45.5 Å². The van der Waals surface area contributed by atoms with Crippen LogP contribution in [0.2, 0.25) is 0 Å². The zero-order valence-corrected chi connectivity index (χ0v) is 28.1. The zero-order valence-electron chi connectivity index (χ0n) is 27.2. The van der Waals surface area contributed by atoms with Gasteiger partial charge in [0.2, 0.25) is 0 Å². The topological polar surface area (TPSA) is 120 Å². The average molecular weight is 731 g/mol. The van der Waals surface area contributed by atoms with Crippen molar-refractivity contribution in [3.8, 4) is 0 Å². The van der Waals surface area contributed by atoms with Crippen LogP contribution in [0.3, 0.4) is 0 Å². The summed E-state index contributed by atoms with van der Waals surface area (Å²) in [6, 6.07) is 2.48. The number of hydrogen-bond donors (Lipinski definition) is 3. The molecule has 5 heterocycles. The van der Waals surface area contributed by atoms with E-state index < -0.39 is 59.3 Å². The van der Waals surface area contributed by atoms with Gasteiger partial charge >= 0.3 is 24.5 Å². The van der Waals surface area contributed by atoms with Gasteiger partial charge in [-0.25, -0.2) is 9.59 Å². The molecule has 17 heteroatoms. The molecular formula is C33H40F6N6O4S. The van der Waals surface area contributed by atoms with Crippen LogP contribution < -0.4 is 16.4 Å². The molecule has 4 N–H and O–H groups in total. The normalized spacial score (nSPS) is 20.8. The number of nitrogens with zero attached hydrogens (tertiary/aromatic N) is 3. The van der Waals surface area contributed by atoms with Gasteiger partial charge in [-0.3, -0.25) is 10.1 Å². The first-order valence-corrected chi connectivity index (χ1v) is 17.7. The number of ether oxygens (including phenoxy) is 1. The smallest absolute Gasteiger partial charge is 0.418 e. The van der Waals surface area contributed by atoms with Gasteiger partial charge in [-0.1, -0.05) is 0 Å². The van der Waals surface area contributed by atoms with E-state index in [1.54, 1.807) is 4.90 Å². The summed E-state index contributed by atoms with van der Waals surface area (Å²) in [4.78, 5) is 44.7. The average Bonchev–Trinajstić information content (AvgIpc) is 3.54. The molecule has 1 aromatic carbocycles. The SMILES string of the molecule is Nc1c(C(F)(F)F)cc(C[C@@H](OC(=O)N2CCC(N3Cc4ccsc4NC3=O)CC2)C(=O)N2CCC(C3CCNCC3)CC2)cc1C(F)(F)F. The second kappa shape index (κ2) is 14.5. The molecule has 50 heavy (non-hydrogen) atoms. The highest BCUT2D eigenvalue weighted by molar-refractivity contribution is 7.14. The Morgan fingerprint density at radius 2 is 1.48 bits per heavy atom. The van der Waals surface area contributed by atoms with E-state index in [9.17, 15) is 40.7 Å². The number of rotatable bonds is 6. The Morgan fingerprint density at radius 3 is 2.08 bits per heavy atom. The van der Waals surface area contributed by atoms with Crippen molar-refractivity contribution in [3.63, 3.8) is 0 Å². The molecule has 0 radical (unpaired) electrons. The van der Waals surface area contributed by atoms with E-state index in [2.05, 4.69) is 10.6 Å². The number of carbonyl (C=O) groups is 3. The third-order valence-corrected chi connectivity index (χ3v) is 11.3. The fraction of sp³-hybridized carbons (Fsp3) is 0.606. The van der Waals surface area contributed by atoms with Crippen molar-refractivity contribution in [2.24, 2.45) is 11.8 Å². The third-order valence-electron chi connectivity index (χ3n) is 10.4. The summed E-state index contributed by atoms with van der Waals surface area (Å²) < 4.78 is 88.6. The summed E-state index contributed by atoms with van der Waals surface area (Å²) in [6.07, 6.45) is -9.44. The number of thiophene rings is 1. The van der Waals surface area contributed by atoms with Crippen molar-refractivity contribution in [3.05, 3.63) is 45.8 Å². The minimum atomic E-state index is -5.20. The molecule has 1 atom stereocenters. The largest absolute Gasteiger partial charge is 0.436 e. The van der Waals surface area contributed by atoms with Crippen molar-refractivity contribution in [2.45, 2.75) is 76.0 Å². The molecule has 3 fully saturated rings. The number of hydrogen-bond acceptors (Lipinski definition) is 7. The molecule has 4 aliphatic heterocycles. The highest BCUT2D eigenvalue weighted by atomic mass is 32.1. The Balaban J connectivity index is 1.18. The summed E-state index contributed by atoms with van der Waals surface area (Å²) in [5, 5.41) is 8.89. The molecule has 3 saturated heterocycles. The molecule has 1 aromatic heterocycles. The van der Waals surface area contributed by atoms with Crippen LogP contribution in [0, 0.1) is 11.8 Å². The molecule has 0 aliphatic carbocycles. The van der Waals surface area contributed by atoms with Crippen molar-refractivity contribution in [2.75, 3.05) is 50.3 Å². The second-order valence-electron chi connectivity index (χ2n) is 13.5. The monoisotopic (exact) mass is 730 g/mol. The quantitative estimate of drug-likeness (QED) is 0.242. The lowest BCUT2D eigenvalue weighted by atomic mass is 9.79. The van der Waals surface area contributed by atoms with Crippen LogP contribution in [0.1, 0.15) is 60.8 Å². The second-order valence-corrected chi connectivity index (χ2v) is 14.4. The number of alkyl halides is 6. The number of likely N-dealkylation sites (tertiary alicyclic amines) is 2. The Morgan fingerprint density at radius 1 is 0.900 bits per heavy atom. The van der Waals surface area contributed by atoms with Gasteiger partial charge in [0.25, 0.3) is 5.91 Å². The molecular weight excluding hydrogens is 690 g/mol. The number of fused-ring (bicyclic) bond motifs is 1. The molecule has 274 valence electrons. The summed E-state index contributed by atoms with van der Waals surface area (Å²) in [5.41, 5.74) is 1.01. The summed E-state index contributed by atoms with van der Waals surface area (Å²) in [6.45, 7) is 3.27. The number of anilines is 2. The van der Waals surface area contributed by atoms with Crippen molar-refractivity contribution >= 4 is 40.1 Å². The Labute approximate surface area is 289 Å². The van der Waals surface area contributed by atoms with Gasteiger partial charge in [0.05, 0.1) is 23.4 Å². The van der Waals surface area contributed by atoms with Crippen molar-refractivity contribution in [1.29, 1.82) is 0 Å². The van der Waals surface area contributed by atoms with Gasteiger partial charge < -0.3 is 30.5 Å². The van der Waals surface area contributed by atoms with Gasteiger partial charge in [-0.2, -0.15) is 26.3 Å². The van der Waals surface area contributed by atoms with Gasteiger partial charge in [-0.05, 0) is 92.6 Å². The lowest BCUT2D eigenvalue weighted by Crippen LogP contribution is -2.52. The van der Waals surface area contributed by atoms with E-state index in [1.165, 1.54) is 21.1 Å². The molecule has 0 spiro atoms. The number of amides is 4. The number of carbonyl (C=O) groups excluding carboxylic acids is 3. The number of nitrogen functional groups attached to an aromatic ring is 1. The maximum absolute atomic E-state index is 13.9. The number of nitrogens with one attached hydrogen (secondary N) is 2. The Bertz CT molecular complexity index is 1530. The third kappa shape index (κ3) is 7.92. The molecule has 6 rings (SSSR count). The number of halogens is 6. The van der Waals surface area contributed by atoms with E-state index in [0.29, 0.717) is 69.3 Å². The van der Waals surface area contributed by atoms with Gasteiger partial charge in [0.15, 0.2) is 6.10 Å². The first kappa shape index (κ1) is 36.1. The minimum Gasteiger partial charge on any atom is -0.436 e. The van der Waals surface area contributed by atoms with E-state index in [4.69, 9.17) is 10.5 Å². The first-order chi connectivity index (χ1) is 23.7. The van der Waals surface area contributed by atoms with Gasteiger partial charge in [0, 0.05) is 44.2 Å². The lowest BCUT2D eigenvalue weighted by Gasteiger charge is -2.40. The Kier molecular flexibility index (Phi) is 10.4. The summed E-state index contributed by atoms with van der Waals surface area (Å²) in [7, 11) is 0. The maximum atomic E-state index is 13.9. The van der Waals surface area contributed by atoms with Crippen LogP contribution in [0.25, 0.3) is 0 Å². The van der Waals surface area contributed by atoms with Crippen LogP contribution >= 0.6 is 11.3 Å². The lowest BCUT2D eigenvalue weighted by molar-refractivity contribution is -0.142. The molecule has 0 saturated carbocycles. The van der Waals surface area contributed by atoms with Crippen LogP contribution in [0.4, 0.5) is 46.6 Å². The molecule has 10 nitrogen and oxygen atoms in total. The summed E-state index contributed by atoms with van der Waals surface area (Å²) >= 11 is 1.43. The highest BCUT2D eigenvalue weighted by Gasteiger charge is 2.42. The summed E-state index contributed by atoms with van der Waals surface area (Å²) in [5.74, 6) is 0.217. The van der Waals surface area contributed by atoms with Crippen LogP contribution in [-0.2, 0) is 34.8 Å².